The highest BCUT2D eigenvalue weighted by molar-refractivity contribution is 6.05. The Bertz CT molecular complexity index is 1580. The van der Waals surface area contributed by atoms with Crippen molar-refractivity contribution in [2.45, 2.75) is 51.2 Å². The third kappa shape index (κ3) is 5.32. The van der Waals surface area contributed by atoms with Crippen molar-refractivity contribution in [2.75, 3.05) is 38.0 Å². The Labute approximate surface area is 233 Å². The van der Waals surface area contributed by atoms with E-state index in [1.54, 1.807) is 32.0 Å². The summed E-state index contributed by atoms with van der Waals surface area (Å²) in [5, 5.41) is 27.5. The zero-order valence-corrected chi connectivity index (χ0v) is 23.1. The van der Waals surface area contributed by atoms with Crippen molar-refractivity contribution < 1.29 is 9.90 Å². The summed E-state index contributed by atoms with van der Waals surface area (Å²) < 4.78 is 3.60. The molecule has 1 amide bonds. The normalized spacial score (nSPS) is 20.6. The third-order valence-electron chi connectivity index (χ3n) is 8.33. The largest absolute Gasteiger partial charge is 0.386 e. The number of carbonyl (C=O) groups is 1. The van der Waals surface area contributed by atoms with Gasteiger partial charge in [0, 0.05) is 55.6 Å². The number of benzene rings is 1. The van der Waals surface area contributed by atoms with Gasteiger partial charge in [-0.2, -0.15) is 10.2 Å². The van der Waals surface area contributed by atoms with E-state index in [1.165, 1.54) is 30.1 Å². The van der Waals surface area contributed by atoms with Crippen LogP contribution in [0, 0.1) is 12.5 Å². The van der Waals surface area contributed by atoms with Crippen LogP contribution in [0.1, 0.15) is 61.6 Å². The monoisotopic (exact) mass is 540 g/mol. The summed E-state index contributed by atoms with van der Waals surface area (Å²) in [5.41, 5.74) is 2.19. The van der Waals surface area contributed by atoms with E-state index in [4.69, 9.17) is 11.7 Å². The Balaban J connectivity index is 1.22. The first-order valence-electron chi connectivity index (χ1n) is 14.1. The number of nitrogens with one attached hydrogen (secondary N) is 2. The van der Waals surface area contributed by atoms with Crippen LogP contribution in [0.25, 0.3) is 21.3 Å². The molecule has 4 aromatic rings. The van der Waals surface area contributed by atoms with Gasteiger partial charge in [0.05, 0.1) is 35.4 Å². The lowest BCUT2D eigenvalue weighted by Gasteiger charge is -2.34. The predicted molar refractivity (Wildman–Crippen MR) is 155 cm³/mol. The fourth-order valence-corrected chi connectivity index (χ4v) is 6.15. The van der Waals surface area contributed by atoms with Gasteiger partial charge in [0.1, 0.15) is 5.69 Å². The number of hydrogen-bond donors (Lipinski definition) is 3. The van der Waals surface area contributed by atoms with Crippen LogP contribution < -0.4 is 10.6 Å². The van der Waals surface area contributed by atoms with Crippen molar-refractivity contribution in [1.29, 1.82) is 0 Å². The van der Waals surface area contributed by atoms with Crippen LogP contribution in [-0.2, 0) is 5.60 Å². The highest BCUT2D eigenvalue weighted by atomic mass is 16.3. The molecule has 10 nitrogen and oxygen atoms in total. The van der Waals surface area contributed by atoms with E-state index in [1.807, 2.05) is 12.1 Å². The van der Waals surface area contributed by atoms with Crippen LogP contribution in [-0.4, -0.2) is 68.0 Å². The summed E-state index contributed by atoms with van der Waals surface area (Å²) in [4.78, 5) is 19.3. The summed E-state index contributed by atoms with van der Waals surface area (Å²) >= 11 is 0. The quantitative estimate of drug-likeness (QED) is 0.314. The zero-order chi connectivity index (χ0) is 27.9. The van der Waals surface area contributed by atoms with Crippen LogP contribution in [0.2, 0.25) is 0 Å². The third-order valence-corrected chi connectivity index (χ3v) is 8.33. The second-order valence-electron chi connectivity index (χ2n) is 11.7. The van der Waals surface area contributed by atoms with Crippen molar-refractivity contribution in [3.63, 3.8) is 0 Å². The molecule has 1 aliphatic carbocycles. The number of carbonyl (C=O) groups excluding carboxylic acids is 1. The lowest BCUT2D eigenvalue weighted by molar-refractivity contribution is 0.0793. The first-order valence-corrected chi connectivity index (χ1v) is 14.1. The van der Waals surface area contributed by atoms with Crippen molar-refractivity contribution in [3.8, 4) is 0 Å². The van der Waals surface area contributed by atoms with Gasteiger partial charge in [0.25, 0.3) is 5.91 Å². The second kappa shape index (κ2) is 10.7. The highest BCUT2D eigenvalue weighted by Crippen LogP contribution is 2.36. The fourth-order valence-electron chi connectivity index (χ4n) is 6.15. The van der Waals surface area contributed by atoms with E-state index < -0.39 is 5.60 Å². The Morgan fingerprint density at radius 2 is 1.95 bits per heavy atom. The van der Waals surface area contributed by atoms with E-state index in [-0.39, 0.29) is 5.91 Å². The number of rotatable bonds is 6. The lowest BCUT2D eigenvalue weighted by Crippen LogP contribution is -2.45. The number of anilines is 1. The molecule has 1 aliphatic heterocycles. The number of fused-ring (bicyclic) bond motifs is 2. The summed E-state index contributed by atoms with van der Waals surface area (Å²) in [6.07, 6.45) is 8.14. The molecule has 0 spiro atoms. The van der Waals surface area contributed by atoms with Crippen LogP contribution in [0.4, 0.5) is 11.4 Å². The topological polar surface area (TPSA) is 104 Å². The molecule has 1 saturated heterocycles. The fraction of sp³-hybridized carbons (Fsp3) is 0.467. The first-order chi connectivity index (χ1) is 19.3. The standard InChI is InChI=1S/C30H36N8O2/c1-30(2,40)25-16-26-21(14-27(25)34-29(39)28-9-8-24-15-22(31-3)17-33-38(24)28)19-37(35-26)23-6-4-20(5-7-23)18-36-12-10-32-11-13-36/h8-9,14-17,19-20,23,32,40H,4-7,10-13,18H2,1-2H3,(H,34,39). The number of aromatic nitrogens is 4. The molecule has 4 heterocycles. The van der Waals surface area contributed by atoms with E-state index in [2.05, 4.69) is 36.4 Å². The van der Waals surface area contributed by atoms with E-state index >= 15 is 0 Å². The van der Waals surface area contributed by atoms with E-state index in [9.17, 15) is 9.90 Å². The minimum atomic E-state index is -1.19. The molecule has 10 heteroatoms. The van der Waals surface area contributed by atoms with Gasteiger partial charge in [0.2, 0.25) is 5.69 Å². The molecule has 2 fully saturated rings. The van der Waals surface area contributed by atoms with Gasteiger partial charge in [-0.25, -0.2) is 9.36 Å². The minimum Gasteiger partial charge on any atom is -0.386 e. The molecule has 0 unspecified atom stereocenters. The molecule has 1 aromatic carbocycles. The van der Waals surface area contributed by atoms with E-state index in [0.717, 1.165) is 55.8 Å². The number of aliphatic hydroxyl groups is 1. The van der Waals surface area contributed by atoms with Crippen LogP contribution in [0.3, 0.4) is 0 Å². The molecule has 0 radical (unpaired) electrons. The Morgan fingerprint density at radius 3 is 2.67 bits per heavy atom. The zero-order valence-electron chi connectivity index (χ0n) is 23.1. The number of nitrogens with zero attached hydrogens (tertiary/aromatic N) is 6. The van der Waals surface area contributed by atoms with Crippen molar-refractivity contribution >= 4 is 33.7 Å². The molecule has 2 aliphatic rings. The SMILES string of the molecule is [C-]#[N+]c1cnn2c(C(=O)Nc3cc4cn(C5CCC(CN6CCNCC6)CC5)nc4cc3C(C)(C)O)ccc2c1. The van der Waals surface area contributed by atoms with Gasteiger partial charge in [0.15, 0.2) is 0 Å². The van der Waals surface area contributed by atoms with Crippen LogP contribution >= 0.6 is 0 Å². The molecule has 208 valence electrons. The lowest BCUT2D eigenvalue weighted by atomic mass is 9.85. The smallest absolute Gasteiger partial charge is 0.274 e. The van der Waals surface area contributed by atoms with Gasteiger partial charge < -0.3 is 20.6 Å². The maximum absolute atomic E-state index is 13.3. The van der Waals surface area contributed by atoms with Crippen molar-refractivity contribution in [1.82, 2.24) is 29.6 Å². The molecule has 6 rings (SSSR count). The predicted octanol–water partition coefficient (Wildman–Crippen LogP) is 4.35. The molecule has 1 saturated carbocycles. The first kappa shape index (κ1) is 26.4. The summed E-state index contributed by atoms with van der Waals surface area (Å²) in [6.45, 7) is 16.3. The Hall–Kier alpha value is -3.78. The Morgan fingerprint density at radius 1 is 1.18 bits per heavy atom. The highest BCUT2D eigenvalue weighted by Gasteiger charge is 2.27. The minimum absolute atomic E-state index is 0.344. The average molecular weight is 541 g/mol. The summed E-state index contributed by atoms with van der Waals surface area (Å²) in [5.74, 6) is 0.402. The van der Waals surface area contributed by atoms with Crippen molar-refractivity contribution in [2.24, 2.45) is 5.92 Å². The van der Waals surface area contributed by atoms with Gasteiger partial charge >= 0.3 is 0 Å². The van der Waals surface area contributed by atoms with Crippen LogP contribution in [0.15, 0.2) is 42.7 Å². The number of hydrogen-bond acceptors (Lipinski definition) is 6. The Kier molecular flexibility index (Phi) is 7.04. The molecule has 0 bridgehead atoms. The van der Waals surface area contributed by atoms with E-state index in [0.29, 0.717) is 34.2 Å². The molecule has 0 atom stereocenters. The van der Waals surface area contributed by atoms with Gasteiger partial charge in [-0.1, -0.05) is 0 Å². The molecule has 3 aromatic heterocycles. The van der Waals surface area contributed by atoms with Crippen molar-refractivity contribution in [3.05, 3.63) is 65.4 Å². The van der Waals surface area contributed by atoms with Gasteiger partial charge in [-0.15, -0.1) is 0 Å². The molecular formula is C30H36N8O2. The number of piperazine rings is 1. The summed E-state index contributed by atoms with van der Waals surface area (Å²) in [7, 11) is 0. The average Bonchev–Trinajstić information content (AvgIpc) is 3.56. The maximum atomic E-state index is 13.3. The molecular weight excluding hydrogens is 504 g/mol. The molecule has 3 N–H and O–H groups in total. The second-order valence-corrected chi connectivity index (χ2v) is 11.7. The maximum Gasteiger partial charge on any atom is 0.274 e. The van der Waals surface area contributed by atoms with Crippen LogP contribution in [0.5, 0.6) is 0 Å². The molecule has 40 heavy (non-hydrogen) atoms. The van der Waals surface area contributed by atoms with Gasteiger partial charge in [-0.3, -0.25) is 9.48 Å². The summed E-state index contributed by atoms with van der Waals surface area (Å²) in [6, 6.07) is 9.28. The number of amides is 1. The van der Waals surface area contributed by atoms with Gasteiger partial charge in [-0.05, 0) is 75.8 Å².